The lowest BCUT2D eigenvalue weighted by atomic mass is 9.82. The number of H-pyrrole nitrogens is 1. The van der Waals surface area contributed by atoms with Gasteiger partial charge in [0.1, 0.15) is 5.82 Å². The topological polar surface area (TPSA) is 88.1 Å². The second-order valence-electron chi connectivity index (χ2n) is 4.84. The number of fused-ring (bicyclic) bond motifs is 1. The van der Waals surface area contributed by atoms with Gasteiger partial charge in [0.2, 0.25) is 5.88 Å². The highest BCUT2D eigenvalue weighted by Crippen LogP contribution is 2.34. The number of carboxylic acids is 1. The summed E-state index contributed by atoms with van der Waals surface area (Å²) in [5.41, 5.74) is 1.34. The molecule has 0 saturated carbocycles. The molecule has 6 nitrogen and oxygen atoms in total. The van der Waals surface area contributed by atoms with Gasteiger partial charge in [0, 0.05) is 12.0 Å². The summed E-state index contributed by atoms with van der Waals surface area (Å²) >= 11 is 0. The normalized spacial score (nSPS) is 22.1. The fraction of sp³-hybridized carbons (Fsp3) is 0.357. The van der Waals surface area contributed by atoms with Crippen LogP contribution in [0.4, 0.5) is 0 Å². The molecule has 20 heavy (non-hydrogen) atoms. The molecule has 0 aromatic carbocycles. The minimum Gasteiger partial charge on any atom is -0.481 e. The number of ether oxygens (including phenoxy) is 1. The summed E-state index contributed by atoms with van der Waals surface area (Å²) in [6.45, 7) is 0. The van der Waals surface area contributed by atoms with Crippen LogP contribution in [0.15, 0.2) is 24.3 Å². The highest BCUT2D eigenvalue weighted by atomic mass is 16.5. The highest BCUT2D eigenvalue weighted by Gasteiger charge is 2.32. The fourth-order valence-corrected chi connectivity index (χ4v) is 2.57. The second kappa shape index (κ2) is 4.96. The standard InChI is InChI=1S/C14H15N3O3/c1-20-11-7-6-10-13(16-11)17-12(15-10)8-4-2-3-5-9(8)14(18)19/h2-3,6-9H,4-5H2,1H3,(H,18,19)(H,15,16,17). The van der Waals surface area contributed by atoms with Crippen molar-refractivity contribution in [1.82, 2.24) is 15.0 Å². The zero-order valence-corrected chi connectivity index (χ0v) is 11.0. The lowest BCUT2D eigenvalue weighted by molar-refractivity contribution is -0.142. The smallest absolute Gasteiger partial charge is 0.307 e. The van der Waals surface area contributed by atoms with Crippen LogP contribution in [-0.2, 0) is 4.79 Å². The molecule has 1 aliphatic rings. The molecule has 0 saturated heterocycles. The summed E-state index contributed by atoms with van der Waals surface area (Å²) in [5, 5.41) is 9.32. The van der Waals surface area contributed by atoms with Crippen molar-refractivity contribution < 1.29 is 14.6 Å². The van der Waals surface area contributed by atoms with E-state index in [1.165, 1.54) is 0 Å². The van der Waals surface area contributed by atoms with Gasteiger partial charge in [-0.15, -0.1) is 0 Å². The number of aliphatic carboxylic acids is 1. The maximum absolute atomic E-state index is 11.3. The molecule has 0 spiro atoms. The van der Waals surface area contributed by atoms with E-state index >= 15 is 0 Å². The summed E-state index contributed by atoms with van der Waals surface area (Å²) in [7, 11) is 1.55. The molecule has 0 bridgehead atoms. The lowest BCUT2D eigenvalue weighted by Crippen LogP contribution is -2.24. The first-order valence-corrected chi connectivity index (χ1v) is 6.47. The van der Waals surface area contributed by atoms with Crippen LogP contribution in [0.25, 0.3) is 11.2 Å². The SMILES string of the molecule is COc1ccc2[nH]c(C3CC=CCC3C(=O)O)nc2n1. The van der Waals surface area contributed by atoms with Gasteiger partial charge in [-0.25, -0.2) is 4.98 Å². The van der Waals surface area contributed by atoms with Crippen LogP contribution < -0.4 is 4.74 Å². The predicted octanol–water partition coefficient (Wildman–Crippen LogP) is 2.10. The number of imidazole rings is 1. The Morgan fingerprint density at radius 3 is 2.90 bits per heavy atom. The minimum absolute atomic E-state index is 0.141. The Morgan fingerprint density at radius 1 is 1.35 bits per heavy atom. The number of pyridine rings is 1. The zero-order valence-electron chi connectivity index (χ0n) is 11.0. The van der Waals surface area contributed by atoms with Gasteiger partial charge in [0.15, 0.2) is 5.65 Å². The van der Waals surface area contributed by atoms with Crippen LogP contribution in [0.1, 0.15) is 24.6 Å². The van der Waals surface area contributed by atoms with E-state index in [1.807, 2.05) is 18.2 Å². The molecule has 0 radical (unpaired) electrons. The van der Waals surface area contributed by atoms with Crippen molar-refractivity contribution in [1.29, 1.82) is 0 Å². The Labute approximate surface area is 115 Å². The number of methoxy groups -OCH3 is 1. The van der Waals surface area contributed by atoms with Crippen LogP contribution in [0, 0.1) is 5.92 Å². The van der Waals surface area contributed by atoms with Crippen LogP contribution in [-0.4, -0.2) is 33.1 Å². The maximum atomic E-state index is 11.3. The second-order valence-corrected chi connectivity index (χ2v) is 4.84. The van der Waals surface area contributed by atoms with Crippen molar-refractivity contribution in [3.05, 3.63) is 30.1 Å². The number of carboxylic acid groups (broad SMARTS) is 1. The average molecular weight is 273 g/mol. The van der Waals surface area contributed by atoms with E-state index in [4.69, 9.17) is 4.74 Å². The Bertz CT molecular complexity index is 677. The van der Waals surface area contributed by atoms with E-state index in [0.29, 0.717) is 30.2 Å². The van der Waals surface area contributed by atoms with Crippen LogP contribution in [0.5, 0.6) is 5.88 Å². The average Bonchev–Trinajstić information content (AvgIpc) is 2.89. The van der Waals surface area contributed by atoms with E-state index in [1.54, 1.807) is 13.2 Å². The molecule has 0 fully saturated rings. The van der Waals surface area contributed by atoms with Crippen LogP contribution in [0.3, 0.4) is 0 Å². The summed E-state index contributed by atoms with van der Waals surface area (Å²) < 4.78 is 5.07. The molecule has 2 atom stereocenters. The van der Waals surface area contributed by atoms with Crippen LogP contribution in [0.2, 0.25) is 0 Å². The minimum atomic E-state index is -0.787. The fourth-order valence-electron chi connectivity index (χ4n) is 2.57. The molecule has 2 aromatic heterocycles. The van der Waals surface area contributed by atoms with Crippen molar-refractivity contribution in [2.45, 2.75) is 18.8 Å². The number of aromatic amines is 1. The van der Waals surface area contributed by atoms with Crippen LogP contribution >= 0.6 is 0 Å². The molecule has 2 unspecified atom stereocenters. The zero-order chi connectivity index (χ0) is 14.1. The van der Waals surface area contributed by atoms with Gasteiger partial charge in [-0.2, -0.15) is 4.98 Å². The van der Waals surface area contributed by atoms with Gasteiger partial charge >= 0.3 is 5.97 Å². The van der Waals surface area contributed by atoms with Crippen molar-refractivity contribution in [2.24, 2.45) is 5.92 Å². The Balaban J connectivity index is 2.00. The summed E-state index contributed by atoms with van der Waals surface area (Å²) in [6, 6.07) is 3.59. The first-order valence-electron chi connectivity index (χ1n) is 6.47. The van der Waals surface area contributed by atoms with E-state index in [0.717, 1.165) is 5.52 Å². The maximum Gasteiger partial charge on any atom is 0.307 e. The Kier molecular flexibility index (Phi) is 3.14. The quantitative estimate of drug-likeness (QED) is 0.836. The molecular formula is C14H15N3O3. The molecule has 1 aliphatic carbocycles. The third-order valence-corrected chi connectivity index (χ3v) is 3.65. The van der Waals surface area contributed by atoms with Crippen molar-refractivity contribution in [3.63, 3.8) is 0 Å². The largest absolute Gasteiger partial charge is 0.481 e. The number of carbonyl (C=O) groups is 1. The number of rotatable bonds is 3. The first kappa shape index (κ1) is 12.7. The van der Waals surface area contributed by atoms with Gasteiger partial charge in [-0.1, -0.05) is 12.2 Å². The monoisotopic (exact) mass is 273 g/mol. The number of allylic oxidation sites excluding steroid dienone is 2. The lowest BCUT2D eigenvalue weighted by Gasteiger charge is -2.23. The molecule has 0 aliphatic heterocycles. The number of nitrogens with one attached hydrogen (secondary N) is 1. The van der Waals surface area contributed by atoms with E-state index < -0.39 is 11.9 Å². The Morgan fingerprint density at radius 2 is 2.15 bits per heavy atom. The highest BCUT2D eigenvalue weighted by molar-refractivity contribution is 5.74. The van der Waals surface area contributed by atoms with E-state index in [-0.39, 0.29) is 5.92 Å². The molecule has 6 heteroatoms. The van der Waals surface area contributed by atoms with Crippen molar-refractivity contribution >= 4 is 17.1 Å². The molecule has 2 N–H and O–H groups in total. The number of hydrogen-bond acceptors (Lipinski definition) is 4. The molecular weight excluding hydrogens is 258 g/mol. The van der Waals surface area contributed by atoms with Gasteiger partial charge in [0.05, 0.1) is 18.5 Å². The molecule has 0 amide bonds. The first-order chi connectivity index (χ1) is 9.69. The van der Waals surface area contributed by atoms with Crippen molar-refractivity contribution in [2.75, 3.05) is 7.11 Å². The van der Waals surface area contributed by atoms with Gasteiger partial charge in [-0.05, 0) is 18.9 Å². The van der Waals surface area contributed by atoms with Crippen molar-refractivity contribution in [3.8, 4) is 5.88 Å². The van der Waals surface area contributed by atoms with E-state index in [9.17, 15) is 9.90 Å². The van der Waals surface area contributed by atoms with Gasteiger partial charge < -0.3 is 14.8 Å². The predicted molar refractivity (Wildman–Crippen MR) is 72.7 cm³/mol. The van der Waals surface area contributed by atoms with E-state index in [2.05, 4.69) is 15.0 Å². The van der Waals surface area contributed by atoms with Gasteiger partial charge in [0.25, 0.3) is 0 Å². The molecule has 3 rings (SSSR count). The molecule has 104 valence electrons. The third kappa shape index (κ3) is 2.13. The third-order valence-electron chi connectivity index (χ3n) is 3.65. The number of aromatic nitrogens is 3. The summed E-state index contributed by atoms with van der Waals surface area (Å²) in [4.78, 5) is 23.2. The Hall–Kier alpha value is -2.37. The summed E-state index contributed by atoms with van der Waals surface area (Å²) in [5.74, 6) is -0.197. The molecule has 2 heterocycles. The number of nitrogens with zero attached hydrogens (tertiary/aromatic N) is 2. The number of hydrogen-bond donors (Lipinski definition) is 2. The summed E-state index contributed by atoms with van der Waals surface area (Å²) in [6.07, 6.45) is 5.13. The molecule has 2 aromatic rings. The van der Waals surface area contributed by atoms with Gasteiger partial charge in [-0.3, -0.25) is 4.79 Å².